The minimum Gasteiger partial charge on any atom is -0.478 e. The Balaban J connectivity index is 3.12. The maximum atomic E-state index is 10.9. The van der Waals surface area contributed by atoms with Crippen molar-refractivity contribution < 1.29 is 14.1 Å². The van der Waals surface area contributed by atoms with E-state index in [2.05, 4.69) is 4.98 Å². The Morgan fingerprint density at radius 3 is 2.75 bits per heavy atom. The molecule has 0 radical (unpaired) electrons. The van der Waals surface area contributed by atoms with Crippen LogP contribution in [-0.4, -0.2) is 26.5 Å². The molecule has 0 saturated heterocycles. The molecule has 1 aromatic heterocycles. The molecule has 5 heteroatoms. The first-order valence-electron chi connectivity index (χ1n) is 3.13. The van der Waals surface area contributed by atoms with Gasteiger partial charge in [0.1, 0.15) is 0 Å². The van der Waals surface area contributed by atoms with Crippen LogP contribution in [0.15, 0.2) is 23.4 Å². The molecule has 1 N–H and O–H groups in total. The van der Waals surface area contributed by atoms with Crippen molar-refractivity contribution in [1.29, 1.82) is 0 Å². The molecule has 1 heterocycles. The topological polar surface area (TPSA) is 67.3 Å². The van der Waals surface area contributed by atoms with Gasteiger partial charge >= 0.3 is 5.97 Å². The number of nitrogens with zero attached hydrogens (tertiary/aromatic N) is 1. The molecule has 1 rings (SSSR count). The van der Waals surface area contributed by atoms with Crippen LogP contribution in [0.1, 0.15) is 10.4 Å². The van der Waals surface area contributed by atoms with E-state index in [4.69, 9.17) is 5.11 Å². The Kier molecular flexibility index (Phi) is 2.54. The van der Waals surface area contributed by atoms with Gasteiger partial charge in [-0.2, -0.15) is 0 Å². The molecule has 0 aliphatic heterocycles. The highest BCUT2D eigenvalue weighted by Gasteiger charge is 2.05. The second kappa shape index (κ2) is 3.44. The lowest BCUT2D eigenvalue weighted by Crippen LogP contribution is -1.99. The van der Waals surface area contributed by atoms with Crippen LogP contribution in [0.2, 0.25) is 0 Å². The number of rotatable bonds is 2. The number of aromatic carboxylic acids is 1. The SMILES string of the molecule is CS(=O)c1cncc(C(=O)O)c1. The zero-order chi connectivity index (χ0) is 9.14. The van der Waals surface area contributed by atoms with Gasteiger partial charge in [-0.3, -0.25) is 9.19 Å². The molecule has 0 aliphatic rings. The molecule has 0 fully saturated rings. The summed E-state index contributed by atoms with van der Waals surface area (Å²) in [7, 11) is -1.18. The molecule has 1 unspecified atom stereocenters. The van der Waals surface area contributed by atoms with Gasteiger partial charge in [0.15, 0.2) is 0 Å². The van der Waals surface area contributed by atoms with Crippen molar-refractivity contribution in [2.24, 2.45) is 0 Å². The third kappa shape index (κ3) is 1.88. The average Bonchev–Trinajstić information content (AvgIpc) is 2.04. The van der Waals surface area contributed by atoms with E-state index in [0.717, 1.165) is 0 Å². The zero-order valence-corrected chi connectivity index (χ0v) is 7.17. The summed E-state index contributed by atoms with van der Waals surface area (Å²) in [5.41, 5.74) is 0.0581. The minimum atomic E-state index is -1.18. The van der Waals surface area contributed by atoms with Gasteiger partial charge in [0.25, 0.3) is 0 Å². The normalized spacial score (nSPS) is 12.4. The van der Waals surface area contributed by atoms with Crippen molar-refractivity contribution in [2.45, 2.75) is 4.90 Å². The Bertz CT molecular complexity index is 308. The molecule has 4 nitrogen and oxygen atoms in total. The highest BCUT2D eigenvalue weighted by atomic mass is 32.2. The van der Waals surface area contributed by atoms with Crippen molar-refractivity contribution in [2.75, 3.05) is 6.26 Å². The maximum Gasteiger partial charge on any atom is 0.337 e. The fraction of sp³-hybridized carbons (Fsp3) is 0.143. The van der Waals surface area contributed by atoms with Gasteiger partial charge in [0.2, 0.25) is 0 Å². The monoisotopic (exact) mass is 185 g/mol. The predicted molar refractivity (Wildman–Crippen MR) is 43.5 cm³/mol. The molecule has 1 atom stereocenters. The minimum absolute atomic E-state index is 0.0581. The number of carboxylic acids is 1. The second-order valence-corrected chi connectivity index (χ2v) is 3.55. The van der Waals surface area contributed by atoms with Crippen LogP contribution in [-0.2, 0) is 10.8 Å². The number of carbonyl (C=O) groups is 1. The fourth-order valence-electron chi connectivity index (χ4n) is 0.693. The molecule has 0 saturated carbocycles. The van der Waals surface area contributed by atoms with E-state index in [1.54, 1.807) is 0 Å². The van der Waals surface area contributed by atoms with Gasteiger partial charge in [0, 0.05) is 18.6 Å². The number of carboxylic acid groups (broad SMARTS) is 1. The Labute approximate surface area is 71.7 Å². The van der Waals surface area contributed by atoms with Crippen LogP contribution < -0.4 is 0 Å². The van der Waals surface area contributed by atoms with E-state index in [9.17, 15) is 9.00 Å². The highest BCUT2D eigenvalue weighted by Crippen LogP contribution is 2.05. The van der Waals surface area contributed by atoms with Gasteiger partial charge in [-0.1, -0.05) is 0 Å². The molecule has 0 bridgehead atoms. The van der Waals surface area contributed by atoms with Crippen LogP contribution in [0, 0.1) is 0 Å². The Hall–Kier alpha value is -1.23. The summed E-state index contributed by atoms with van der Waals surface area (Å²) >= 11 is 0. The molecular weight excluding hydrogens is 178 g/mol. The third-order valence-corrected chi connectivity index (χ3v) is 2.18. The van der Waals surface area contributed by atoms with Gasteiger partial charge in [-0.05, 0) is 6.07 Å². The summed E-state index contributed by atoms with van der Waals surface area (Å²) in [5, 5.41) is 8.55. The second-order valence-electron chi connectivity index (χ2n) is 2.17. The first kappa shape index (κ1) is 8.86. The summed E-state index contributed by atoms with van der Waals surface area (Å²) in [6, 6.07) is 1.35. The van der Waals surface area contributed by atoms with Crippen LogP contribution in [0.25, 0.3) is 0 Å². The van der Waals surface area contributed by atoms with Gasteiger partial charge in [-0.15, -0.1) is 0 Å². The molecule has 0 amide bonds. The summed E-state index contributed by atoms with van der Waals surface area (Å²) in [6.07, 6.45) is 4.09. The highest BCUT2D eigenvalue weighted by molar-refractivity contribution is 7.84. The van der Waals surface area contributed by atoms with Crippen LogP contribution in [0.4, 0.5) is 0 Å². The van der Waals surface area contributed by atoms with E-state index < -0.39 is 16.8 Å². The van der Waals surface area contributed by atoms with Gasteiger partial charge in [-0.25, -0.2) is 4.79 Å². The van der Waals surface area contributed by atoms with E-state index in [1.165, 1.54) is 24.7 Å². The van der Waals surface area contributed by atoms with Crippen molar-refractivity contribution in [3.8, 4) is 0 Å². The maximum absolute atomic E-state index is 10.9. The number of aromatic nitrogens is 1. The van der Waals surface area contributed by atoms with Gasteiger partial charge in [0.05, 0.1) is 21.3 Å². The van der Waals surface area contributed by atoms with E-state index in [-0.39, 0.29) is 5.56 Å². The van der Waals surface area contributed by atoms with E-state index in [0.29, 0.717) is 4.90 Å². The molecule has 0 spiro atoms. The summed E-state index contributed by atoms with van der Waals surface area (Å²) in [6.45, 7) is 0. The predicted octanol–water partition coefficient (Wildman–Crippen LogP) is 0.517. The van der Waals surface area contributed by atoms with E-state index in [1.807, 2.05) is 0 Å². The molecular formula is C7H7NO3S. The number of hydrogen-bond acceptors (Lipinski definition) is 3. The quantitative estimate of drug-likeness (QED) is 0.729. The first-order chi connectivity index (χ1) is 5.61. The van der Waals surface area contributed by atoms with Crippen molar-refractivity contribution >= 4 is 16.8 Å². The third-order valence-electron chi connectivity index (χ3n) is 1.29. The van der Waals surface area contributed by atoms with Crippen LogP contribution in [0.3, 0.4) is 0 Å². The lowest BCUT2D eigenvalue weighted by molar-refractivity contribution is 0.0696. The molecule has 0 aromatic carbocycles. The lowest BCUT2D eigenvalue weighted by atomic mass is 10.3. The molecule has 1 aromatic rings. The van der Waals surface area contributed by atoms with E-state index >= 15 is 0 Å². The number of hydrogen-bond donors (Lipinski definition) is 1. The summed E-state index contributed by atoms with van der Waals surface area (Å²) < 4.78 is 10.9. The Morgan fingerprint density at radius 1 is 1.58 bits per heavy atom. The number of pyridine rings is 1. The zero-order valence-electron chi connectivity index (χ0n) is 6.35. The smallest absolute Gasteiger partial charge is 0.337 e. The summed E-state index contributed by atoms with van der Waals surface area (Å²) in [5.74, 6) is -1.06. The van der Waals surface area contributed by atoms with Gasteiger partial charge < -0.3 is 5.11 Å². The van der Waals surface area contributed by atoms with Crippen LogP contribution >= 0.6 is 0 Å². The molecule has 0 aliphatic carbocycles. The standard InChI is InChI=1S/C7H7NO3S/c1-12(11)6-2-5(7(9)10)3-8-4-6/h2-4H,1H3,(H,9,10). The lowest BCUT2D eigenvalue weighted by Gasteiger charge is -1.96. The Morgan fingerprint density at radius 2 is 2.25 bits per heavy atom. The fourth-order valence-corrected chi connectivity index (χ4v) is 1.20. The van der Waals surface area contributed by atoms with Crippen molar-refractivity contribution in [3.05, 3.63) is 24.0 Å². The summed E-state index contributed by atoms with van der Waals surface area (Å²) in [4.78, 5) is 14.5. The van der Waals surface area contributed by atoms with Crippen molar-refractivity contribution in [3.63, 3.8) is 0 Å². The van der Waals surface area contributed by atoms with Crippen molar-refractivity contribution in [1.82, 2.24) is 4.98 Å². The molecule has 64 valence electrons. The first-order valence-corrected chi connectivity index (χ1v) is 4.69. The largest absolute Gasteiger partial charge is 0.478 e. The van der Waals surface area contributed by atoms with Crippen LogP contribution in [0.5, 0.6) is 0 Å². The molecule has 12 heavy (non-hydrogen) atoms. The average molecular weight is 185 g/mol.